The van der Waals surface area contributed by atoms with Crippen LogP contribution in [-0.2, 0) is 4.79 Å². The molecule has 21 heavy (non-hydrogen) atoms. The van der Waals surface area contributed by atoms with Crippen LogP contribution >= 0.6 is 12.4 Å². The molecule has 0 aromatic carbocycles. The number of amides is 1. The maximum Gasteiger partial charge on any atom is 0.239 e. The summed E-state index contributed by atoms with van der Waals surface area (Å²) >= 11 is 0. The van der Waals surface area contributed by atoms with Gasteiger partial charge in [0, 0.05) is 32.2 Å². The molecule has 1 saturated heterocycles. The lowest BCUT2D eigenvalue weighted by atomic mass is 9.84. The standard InChI is InChI=1S/C16H31N3O.ClH/c1-13(2)18-8-10-19(11-9-18)16(20)15(17)12-14-6-4-3-5-7-14;/h13-15H,3-12,17H2,1-2H3;1H. The number of nitrogens with zero attached hydrogens (tertiary/aromatic N) is 2. The first-order chi connectivity index (χ1) is 9.58. The molecule has 1 heterocycles. The lowest BCUT2D eigenvalue weighted by molar-refractivity contribution is -0.135. The molecule has 0 aromatic rings. The number of halogens is 1. The van der Waals surface area contributed by atoms with Gasteiger partial charge in [0.2, 0.25) is 5.91 Å². The third-order valence-corrected chi connectivity index (χ3v) is 4.99. The van der Waals surface area contributed by atoms with Crippen molar-refractivity contribution < 1.29 is 4.79 Å². The van der Waals surface area contributed by atoms with E-state index in [1.54, 1.807) is 0 Å². The number of piperazine rings is 1. The largest absolute Gasteiger partial charge is 0.339 e. The predicted molar refractivity (Wildman–Crippen MR) is 89.7 cm³/mol. The first-order valence-electron chi connectivity index (χ1n) is 8.36. The molecule has 0 aromatic heterocycles. The van der Waals surface area contributed by atoms with E-state index in [4.69, 9.17) is 5.73 Å². The van der Waals surface area contributed by atoms with Crippen LogP contribution in [-0.4, -0.2) is 54.0 Å². The fourth-order valence-corrected chi connectivity index (χ4v) is 3.58. The molecule has 1 atom stereocenters. The number of carbonyl (C=O) groups excluding carboxylic acids is 1. The number of nitrogens with two attached hydrogens (primary N) is 1. The fraction of sp³-hybridized carbons (Fsp3) is 0.938. The maximum absolute atomic E-state index is 12.4. The highest BCUT2D eigenvalue weighted by atomic mass is 35.5. The Morgan fingerprint density at radius 2 is 1.67 bits per heavy atom. The van der Waals surface area contributed by atoms with Gasteiger partial charge in [-0.3, -0.25) is 9.69 Å². The van der Waals surface area contributed by atoms with Crippen LogP contribution in [0, 0.1) is 5.92 Å². The molecule has 0 spiro atoms. The van der Waals surface area contributed by atoms with E-state index in [0.29, 0.717) is 12.0 Å². The van der Waals surface area contributed by atoms with Crippen molar-refractivity contribution in [3.8, 4) is 0 Å². The van der Waals surface area contributed by atoms with Crippen molar-refractivity contribution in [1.82, 2.24) is 9.80 Å². The second-order valence-corrected chi connectivity index (χ2v) is 6.80. The van der Waals surface area contributed by atoms with Gasteiger partial charge in [0.1, 0.15) is 0 Å². The minimum absolute atomic E-state index is 0. The molecule has 2 rings (SSSR count). The van der Waals surface area contributed by atoms with Crippen molar-refractivity contribution in [3.63, 3.8) is 0 Å². The fourth-order valence-electron chi connectivity index (χ4n) is 3.58. The van der Waals surface area contributed by atoms with Crippen molar-refractivity contribution >= 4 is 18.3 Å². The van der Waals surface area contributed by atoms with Gasteiger partial charge in [-0.2, -0.15) is 0 Å². The Balaban J connectivity index is 0.00000220. The molecule has 1 aliphatic heterocycles. The highest BCUT2D eigenvalue weighted by Crippen LogP contribution is 2.27. The molecule has 124 valence electrons. The molecule has 4 nitrogen and oxygen atoms in total. The number of hydrogen-bond acceptors (Lipinski definition) is 3. The molecule has 1 unspecified atom stereocenters. The quantitative estimate of drug-likeness (QED) is 0.865. The van der Waals surface area contributed by atoms with Crippen LogP contribution in [0.3, 0.4) is 0 Å². The molecule has 1 saturated carbocycles. The average Bonchev–Trinajstić information content (AvgIpc) is 2.47. The van der Waals surface area contributed by atoms with Gasteiger partial charge in [0.15, 0.2) is 0 Å². The van der Waals surface area contributed by atoms with Crippen molar-refractivity contribution in [2.45, 2.75) is 64.5 Å². The number of carbonyl (C=O) groups is 1. The zero-order valence-electron chi connectivity index (χ0n) is 13.6. The molecule has 1 aliphatic carbocycles. The minimum atomic E-state index is -0.274. The Labute approximate surface area is 135 Å². The van der Waals surface area contributed by atoms with Crippen LogP contribution < -0.4 is 5.73 Å². The average molecular weight is 318 g/mol. The Hall–Kier alpha value is -0.320. The van der Waals surface area contributed by atoms with E-state index in [9.17, 15) is 4.79 Å². The summed E-state index contributed by atoms with van der Waals surface area (Å²) in [5.41, 5.74) is 6.17. The Morgan fingerprint density at radius 3 is 2.19 bits per heavy atom. The summed E-state index contributed by atoms with van der Waals surface area (Å²) in [5.74, 6) is 0.860. The Kier molecular flexibility index (Phi) is 7.99. The van der Waals surface area contributed by atoms with Gasteiger partial charge in [0.25, 0.3) is 0 Å². The molecule has 5 heteroatoms. The lowest BCUT2D eigenvalue weighted by Crippen LogP contribution is -2.54. The zero-order chi connectivity index (χ0) is 14.5. The van der Waals surface area contributed by atoms with Crippen LogP contribution in [0.1, 0.15) is 52.4 Å². The van der Waals surface area contributed by atoms with Gasteiger partial charge in [-0.1, -0.05) is 32.1 Å². The van der Waals surface area contributed by atoms with Crippen molar-refractivity contribution in [2.24, 2.45) is 11.7 Å². The minimum Gasteiger partial charge on any atom is -0.339 e. The summed E-state index contributed by atoms with van der Waals surface area (Å²) in [6, 6.07) is 0.298. The van der Waals surface area contributed by atoms with E-state index in [1.165, 1.54) is 32.1 Å². The van der Waals surface area contributed by atoms with Gasteiger partial charge < -0.3 is 10.6 Å². The van der Waals surface area contributed by atoms with Crippen molar-refractivity contribution in [3.05, 3.63) is 0 Å². The summed E-state index contributed by atoms with van der Waals surface area (Å²) in [5, 5.41) is 0. The van der Waals surface area contributed by atoms with Gasteiger partial charge >= 0.3 is 0 Å². The summed E-state index contributed by atoms with van der Waals surface area (Å²) in [6.45, 7) is 8.09. The monoisotopic (exact) mass is 317 g/mol. The molecule has 2 fully saturated rings. The van der Waals surface area contributed by atoms with Crippen LogP contribution in [0.5, 0.6) is 0 Å². The van der Waals surface area contributed by atoms with E-state index < -0.39 is 0 Å². The molecule has 2 N–H and O–H groups in total. The SMILES string of the molecule is CC(C)N1CCN(C(=O)C(N)CC2CCCCC2)CC1.Cl. The summed E-state index contributed by atoms with van der Waals surface area (Å²) in [4.78, 5) is 16.8. The van der Waals surface area contributed by atoms with Gasteiger partial charge in [-0.05, 0) is 26.2 Å². The Morgan fingerprint density at radius 1 is 1.10 bits per heavy atom. The molecule has 1 amide bonds. The smallest absolute Gasteiger partial charge is 0.239 e. The highest BCUT2D eigenvalue weighted by Gasteiger charge is 2.28. The van der Waals surface area contributed by atoms with Gasteiger partial charge in [-0.25, -0.2) is 0 Å². The van der Waals surface area contributed by atoms with Gasteiger partial charge in [0.05, 0.1) is 6.04 Å². The van der Waals surface area contributed by atoms with E-state index >= 15 is 0 Å². The molecule has 0 radical (unpaired) electrons. The zero-order valence-corrected chi connectivity index (χ0v) is 14.4. The third-order valence-electron chi connectivity index (χ3n) is 4.99. The van der Waals surface area contributed by atoms with E-state index in [1.807, 2.05) is 4.90 Å². The summed E-state index contributed by atoms with van der Waals surface area (Å²) in [7, 11) is 0. The second-order valence-electron chi connectivity index (χ2n) is 6.80. The van der Waals surface area contributed by atoms with Crippen LogP contribution in [0.15, 0.2) is 0 Å². The van der Waals surface area contributed by atoms with Crippen LogP contribution in [0.25, 0.3) is 0 Å². The molecule has 2 aliphatic rings. The van der Waals surface area contributed by atoms with E-state index in [0.717, 1.165) is 32.6 Å². The Bertz CT molecular complexity index is 311. The van der Waals surface area contributed by atoms with Crippen LogP contribution in [0.2, 0.25) is 0 Å². The number of rotatable bonds is 4. The van der Waals surface area contributed by atoms with Gasteiger partial charge in [-0.15, -0.1) is 12.4 Å². The topological polar surface area (TPSA) is 49.6 Å². The normalized spacial score (nSPS) is 23.0. The summed E-state index contributed by atoms with van der Waals surface area (Å²) in [6.07, 6.45) is 7.42. The maximum atomic E-state index is 12.4. The predicted octanol–water partition coefficient (Wildman–Crippen LogP) is 2.26. The first-order valence-corrected chi connectivity index (χ1v) is 8.36. The third kappa shape index (κ3) is 5.42. The lowest BCUT2D eigenvalue weighted by Gasteiger charge is -2.38. The summed E-state index contributed by atoms with van der Waals surface area (Å²) < 4.78 is 0. The van der Waals surface area contributed by atoms with Crippen molar-refractivity contribution in [2.75, 3.05) is 26.2 Å². The second kappa shape index (κ2) is 8.96. The van der Waals surface area contributed by atoms with Crippen LogP contribution in [0.4, 0.5) is 0 Å². The molecular formula is C16H32ClN3O. The first kappa shape index (κ1) is 18.7. The molecule has 0 bridgehead atoms. The number of hydrogen-bond donors (Lipinski definition) is 1. The van der Waals surface area contributed by atoms with E-state index in [-0.39, 0.29) is 24.4 Å². The molecular weight excluding hydrogens is 286 g/mol. The van der Waals surface area contributed by atoms with E-state index in [2.05, 4.69) is 18.7 Å². The highest BCUT2D eigenvalue weighted by molar-refractivity contribution is 5.85. The van der Waals surface area contributed by atoms with Crippen molar-refractivity contribution in [1.29, 1.82) is 0 Å².